The maximum absolute atomic E-state index is 10.7. The van der Waals surface area contributed by atoms with Crippen LogP contribution < -0.4 is 5.32 Å². The summed E-state index contributed by atoms with van der Waals surface area (Å²) in [6.07, 6.45) is 1.02. The van der Waals surface area contributed by atoms with Crippen LogP contribution >= 0.6 is 0 Å². The molecule has 0 aromatic heterocycles. The van der Waals surface area contributed by atoms with E-state index in [1.165, 1.54) is 11.3 Å². The summed E-state index contributed by atoms with van der Waals surface area (Å²) in [5.74, 6) is 0. The molecule has 0 unspecified atom stereocenters. The predicted octanol–water partition coefficient (Wildman–Crippen LogP) is 4.51. The highest BCUT2D eigenvalue weighted by molar-refractivity contribution is 7.86. The van der Waals surface area contributed by atoms with Gasteiger partial charge in [0.05, 0.1) is 0 Å². The van der Waals surface area contributed by atoms with E-state index in [2.05, 4.69) is 73.8 Å². The third kappa shape index (κ3) is 8.04. The molecule has 0 aliphatic heterocycles. The number of rotatable bonds is 4. The maximum Gasteiger partial charge on any atom is 0.522 e. The van der Waals surface area contributed by atoms with Gasteiger partial charge in [-0.2, -0.15) is 21.6 Å². The largest absolute Gasteiger partial charge is 0.522 e. The summed E-state index contributed by atoms with van der Waals surface area (Å²) in [6.45, 7) is 4.46. The molecule has 0 atom stereocenters. The highest BCUT2D eigenvalue weighted by atomic mass is 32.2. The molecule has 0 heterocycles. The highest BCUT2D eigenvalue weighted by Crippen LogP contribution is 2.20. The van der Waals surface area contributed by atoms with Gasteiger partial charge >= 0.3 is 15.6 Å². The molecule has 0 saturated carbocycles. The van der Waals surface area contributed by atoms with E-state index < -0.39 is 15.6 Å². The fraction of sp³-hybridized carbons (Fsp3) is 0.294. The lowest BCUT2D eigenvalue weighted by atomic mass is 9.94. The first-order valence-corrected chi connectivity index (χ1v) is 8.76. The fourth-order valence-electron chi connectivity index (χ4n) is 2.06. The molecule has 0 fully saturated rings. The van der Waals surface area contributed by atoms with Crippen molar-refractivity contribution in [2.75, 3.05) is 5.32 Å². The van der Waals surface area contributed by atoms with Crippen molar-refractivity contribution in [3.05, 3.63) is 66.2 Å². The van der Waals surface area contributed by atoms with Crippen molar-refractivity contribution in [2.24, 2.45) is 0 Å². The van der Waals surface area contributed by atoms with Gasteiger partial charge in [0.15, 0.2) is 0 Å². The number of halogens is 3. The molecule has 8 heteroatoms. The lowest BCUT2D eigenvalue weighted by Gasteiger charge is -2.27. The third-order valence-corrected chi connectivity index (χ3v) is 3.62. The van der Waals surface area contributed by atoms with Crippen LogP contribution in [0.3, 0.4) is 0 Å². The number of alkyl halides is 3. The lowest BCUT2D eigenvalue weighted by Crippen LogP contribution is -2.33. The van der Waals surface area contributed by atoms with Gasteiger partial charge in [0, 0.05) is 11.2 Å². The van der Waals surface area contributed by atoms with Crippen LogP contribution in [0.1, 0.15) is 19.4 Å². The molecule has 2 rings (SSSR count). The van der Waals surface area contributed by atoms with Crippen LogP contribution in [-0.2, 0) is 16.5 Å². The molecular weight excluding hydrogens is 355 g/mol. The van der Waals surface area contributed by atoms with E-state index in [1.54, 1.807) is 0 Å². The number of anilines is 1. The summed E-state index contributed by atoms with van der Waals surface area (Å²) >= 11 is 0. The van der Waals surface area contributed by atoms with E-state index in [1.807, 2.05) is 6.07 Å². The van der Waals surface area contributed by atoms with Crippen LogP contribution in [0.5, 0.6) is 0 Å². The Labute approximate surface area is 145 Å². The minimum Gasteiger partial charge on any atom is -0.380 e. The molecule has 0 amide bonds. The van der Waals surface area contributed by atoms with Crippen molar-refractivity contribution in [2.45, 2.75) is 31.3 Å². The summed E-state index contributed by atoms with van der Waals surface area (Å²) in [5, 5.41) is 3.57. The maximum atomic E-state index is 10.7. The minimum absolute atomic E-state index is 0.0582. The van der Waals surface area contributed by atoms with Crippen LogP contribution in [0.4, 0.5) is 18.9 Å². The molecule has 4 nitrogen and oxygen atoms in total. The first-order chi connectivity index (χ1) is 11.4. The number of nitrogens with one attached hydrogen (secondary N) is 1. The molecule has 0 bridgehead atoms. The molecule has 2 aromatic carbocycles. The average Bonchev–Trinajstić information content (AvgIpc) is 2.46. The molecule has 0 aliphatic carbocycles. The van der Waals surface area contributed by atoms with Crippen LogP contribution in [0.25, 0.3) is 0 Å². The van der Waals surface area contributed by atoms with Crippen LogP contribution in [0.2, 0.25) is 0 Å². The van der Waals surface area contributed by atoms with Gasteiger partial charge in [0.1, 0.15) is 0 Å². The van der Waals surface area contributed by atoms with Gasteiger partial charge in [-0.3, -0.25) is 4.55 Å². The molecular formula is C17H20F3NO3S. The number of hydrogen-bond acceptors (Lipinski definition) is 3. The van der Waals surface area contributed by atoms with E-state index in [0.717, 1.165) is 6.42 Å². The van der Waals surface area contributed by atoms with Gasteiger partial charge in [-0.15, -0.1) is 0 Å². The van der Waals surface area contributed by atoms with Crippen molar-refractivity contribution >= 4 is 15.8 Å². The van der Waals surface area contributed by atoms with Crippen molar-refractivity contribution in [1.29, 1.82) is 0 Å². The Kier molecular flexibility index (Phi) is 7.01. The van der Waals surface area contributed by atoms with Crippen molar-refractivity contribution in [3.63, 3.8) is 0 Å². The molecule has 25 heavy (non-hydrogen) atoms. The van der Waals surface area contributed by atoms with Gasteiger partial charge in [-0.05, 0) is 38.0 Å². The van der Waals surface area contributed by atoms with E-state index in [4.69, 9.17) is 13.0 Å². The molecule has 0 saturated heterocycles. The van der Waals surface area contributed by atoms with Gasteiger partial charge < -0.3 is 5.32 Å². The number of hydrogen-bond donors (Lipinski definition) is 2. The number of benzene rings is 2. The molecule has 2 N–H and O–H groups in total. The van der Waals surface area contributed by atoms with Gasteiger partial charge in [0.25, 0.3) is 0 Å². The van der Waals surface area contributed by atoms with Crippen LogP contribution in [0, 0.1) is 0 Å². The SMILES string of the molecule is CC(C)(Cc1ccccc1)Nc1ccccc1.O=S(=O)(O)C(F)(F)F. The summed E-state index contributed by atoms with van der Waals surface area (Å²) in [5.41, 5.74) is -2.94. The van der Waals surface area contributed by atoms with Crippen molar-refractivity contribution < 1.29 is 26.1 Å². The monoisotopic (exact) mass is 375 g/mol. The topological polar surface area (TPSA) is 66.4 Å². The number of para-hydroxylation sites is 1. The second-order valence-electron chi connectivity index (χ2n) is 5.96. The first-order valence-electron chi connectivity index (χ1n) is 7.32. The van der Waals surface area contributed by atoms with Gasteiger partial charge in [0.2, 0.25) is 0 Å². The minimum atomic E-state index is -5.84. The molecule has 0 radical (unpaired) electrons. The Morgan fingerprint density at radius 1 is 0.920 bits per heavy atom. The van der Waals surface area contributed by atoms with Crippen molar-refractivity contribution in [3.8, 4) is 0 Å². The van der Waals surface area contributed by atoms with E-state index in [-0.39, 0.29) is 5.54 Å². The quantitative estimate of drug-likeness (QED) is 0.609. The second kappa shape index (κ2) is 8.35. The first kappa shape index (κ1) is 21.0. The molecule has 138 valence electrons. The normalized spacial score (nSPS) is 12.1. The fourth-order valence-corrected chi connectivity index (χ4v) is 2.06. The summed E-state index contributed by atoms with van der Waals surface area (Å²) in [4.78, 5) is 0. The summed E-state index contributed by atoms with van der Waals surface area (Å²) < 4.78 is 57.5. The molecule has 0 aliphatic rings. The Bertz CT molecular complexity index is 702. The summed E-state index contributed by atoms with van der Waals surface area (Å²) in [7, 11) is -5.84. The van der Waals surface area contributed by atoms with Crippen molar-refractivity contribution in [1.82, 2.24) is 0 Å². The van der Waals surface area contributed by atoms with E-state index in [9.17, 15) is 13.2 Å². The predicted molar refractivity (Wildman–Crippen MR) is 91.9 cm³/mol. The Morgan fingerprint density at radius 3 is 1.72 bits per heavy atom. The zero-order chi connectivity index (χ0) is 19.1. The molecule has 2 aromatic rings. The van der Waals surface area contributed by atoms with E-state index >= 15 is 0 Å². The highest BCUT2D eigenvalue weighted by Gasteiger charge is 2.44. The zero-order valence-electron chi connectivity index (χ0n) is 13.8. The zero-order valence-corrected chi connectivity index (χ0v) is 14.6. The Hall–Kier alpha value is -2.06. The second-order valence-corrected chi connectivity index (χ2v) is 7.37. The Morgan fingerprint density at radius 2 is 1.32 bits per heavy atom. The van der Waals surface area contributed by atoms with Gasteiger partial charge in [-0.25, -0.2) is 0 Å². The lowest BCUT2D eigenvalue weighted by molar-refractivity contribution is -0.0510. The standard InChI is InChI=1S/C16H19N.CHF3O3S/c1-16(2,13-14-9-5-3-6-10-14)17-15-11-7-4-8-12-15;2-1(3,4)8(5,6)7/h3-12,17H,13H2,1-2H3;(H,5,6,7). The Balaban J connectivity index is 0.000000333. The van der Waals surface area contributed by atoms with E-state index in [0.29, 0.717) is 0 Å². The molecule has 0 spiro atoms. The van der Waals surface area contributed by atoms with Gasteiger partial charge in [-0.1, -0.05) is 48.5 Å². The smallest absolute Gasteiger partial charge is 0.380 e. The van der Waals surface area contributed by atoms with Crippen LogP contribution in [0.15, 0.2) is 60.7 Å². The third-order valence-electron chi connectivity index (χ3n) is 3.04. The average molecular weight is 375 g/mol. The van der Waals surface area contributed by atoms with Crippen LogP contribution in [-0.4, -0.2) is 24.0 Å². The summed E-state index contributed by atoms with van der Waals surface area (Å²) in [6, 6.07) is 20.9.